The van der Waals surface area contributed by atoms with Crippen LogP contribution in [0.5, 0.6) is 0 Å². The van der Waals surface area contributed by atoms with E-state index >= 15 is 0 Å². The minimum Gasteiger partial charge on any atom is -0.335 e. The molecule has 0 atom stereocenters. The van der Waals surface area contributed by atoms with Crippen LogP contribution >= 0.6 is 0 Å². The monoisotopic (exact) mass is 717 g/mol. The largest absolute Gasteiger partial charge is 0.335 e. The fourth-order valence-electron chi connectivity index (χ4n) is 8.04. The molecule has 0 spiro atoms. The van der Waals surface area contributed by atoms with Crippen molar-refractivity contribution >= 4 is 46.1 Å². The Morgan fingerprint density at radius 2 is 1.37 bits per heavy atom. The maximum atomic E-state index is 14.3. The molecule has 0 bridgehead atoms. The summed E-state index contributed by atoms with van der Waals surface area (Å²) in [5.74, 6) is -0.929. The Morgan fingerprint density at radius 3 is 2.09 bits per heavy atom. The highest BCUT2D eigenvalue weighted by atomic mass is 16.2. The summed E-state index contributed by atoms with van der Waals surface area (Å²) >= 11 is 0. The average molecular weight is 718 g/mol. The van der Waals surface area contributed by atoms with E-state index in [0.29, 0.717) is 66.2 Å². The Morgan fingerprint density at radius 1 is 0.722 bits per heavy atom. The number of rotatable bonds is 8. The summed E-state index contributed by atoms with van der Waals surface area (Å²) in [5, 5.41) is 11.3. The SMILES string of the molecule is C=CC(=O)N1CC(N2Cc3ccc(-c4ccccc4C(=O)Nc4cc(-c5cccc6[nH]ncc56)cc5c4CN(C4CN(C(=O)C=C)C4)C5=O)cc3C2=O)C1. The Hall–Kier alpha value is -6.82. The van der Waals surface area contributed by atoms with Crippen molar-refractivity contribution in [1.82, 2.24) is 29.8 Å². The molecule has 4 aliphatic rings. The normalized spacial score (nSPS) is 16.6. The zero-order valence-electron chi connectivity index (χ0n) is 29.2. The second kappa shape index (κ2) is 12.7. The minimum absolute atomic E-state index is 0.0611. The first kappa shape index (κ1) is 33.0. The lowest BCUT2D eigenvalue weighted by molar-refractivity contribution is -0.133. The van der Waals surface area contributed by atoms with Gasteiger partial charge in [-0.25, -0.2) is 0 Å². The number of carbonyl (C=O) groups is 5. The van der Waals surface area contributed by atoms with Gasteiger partial charge in [-0.3, -0.25) is 29.1 Å². The van der Waals surface area contributed by atoms with Crippen molar-refractivity contribution in [3.05, 3.63) is 132 Å². The Bertz CT molecular complexity index is 2470. The number of aromatic amines is 1. The van der Waals surface area contributed by atoms with Crippen molar-refractivity contribution in [2.45, 2.75) is 25.2 Å². The maximum Gasteiger partial charge on any atom is 0.256 e. The second-order valence-electron chi connectivity index (χ2n) is 14.1. The van der Waals surface area contributed by atoms with Crippen LogP contribution in [-0.2, 0) is 22.7 Å². The minimum atomic E-state index is -0.362. The summed E-state index contributed by atoms with van der Waals surface area (Å²) in [6, 6.07) is 22.3. The van der Waals surface area contributed by atoms with Crippen molar-refractivity contribution in [2.24, 2.45) is 0 Å². The molecule has 1 aromatic heterocycles. The molecular weight excluding hydrogens is 683 g/mol. The number of nitrogens with zero attached hydrogens (tertiary/aromatic N) is 5. The summed E-state index contributed by atoms with van der Waals surface area (Å²) < 4.78 is 0. The van der Waals surface area contributed by atoms with E-state index in [1.54, 1.807) is 37.9 Å². The van der Waals surface area contributed by atoms with Gasteiger partial charge in [-0.1, -0.05) is 55.6 Å². The number of carbonyl (C=O) groups excluding carboxylic acids is 5. The number of amides is 5. The molecule has 4 aromatic carbocycles. The Balaban J connectivity index is 1.03. The predicted octanol–water partition coefficient (Wildman–Crippen LogP) is 4.85. The third-order valence-corrected chi connectivity index (χ3v) is 11.1. The van der Waals surface area contributed by atoms with Gasteiger partial charge >= 0.3 is 0 Å². The molecule has 4 aliphatic heterocycles. The molecule has 0 radical (unpaired) electrons. The zero-order valence-corrected chi connectivity index (χ0v) is 29.2. The summed E-state index contributed by atoms with van der Waals surface area (Å²) in [7, 11) is 0. The molecule has 12 heteroatoms. The quantitative estimate of drug-likeness (QED) is 0.220. The van der Waals surface area contributed by atoms with Crippen molar-refractivity contribution in [3.63, 3.8) is 0 Å². The molecule has 0 aliphatic carbocycles. The molecule has 5 amide bonds. The second-order valence-corrected chi connectivity index (χ2v) is 14.1. The van der Waals surface area contributed by atoms with Gasteiger partial charge < -0.3 is 24.9 Å². The van der Waals surface area contributed by atoms with E-state index < -0.39 is 0 Å². The number of anilines is 1. The summed E-state index contributed by atoms with van der Waals surface area (Å²) in [6.45, 7) is 9.64. The molecule has 2 fully saturated rings. The van der Waals surface area contributed by atoms with Gasteiger partial charge in [0.15, 0.2) is 0 Å². The predicted molar refractivity (Wildman–Crippen MR) is 202 cm³/mol. The lowest BCUT2D eigenvalue weighted by atomic mass is 9.95. The highest BCUT2D eigenvalue weighted by molar-refractivity contribution is 6.12. The third kappa shape index (κ3) is 5.28. The molecule has 2 N–H and O–H groups in total. The van der Waals surface area contributed by atoms with E-state index in [4.69, 9.17) is 0 Å². The lowest BCUT2D eigenvalue weighted by Gasteiger charge is -2.43. The molecule has 54 heavy (non-hydrogen) atoms. The molecular formula is C42H35N7O5. The molecule has 5 aromatic rings. The molecule has 0 saturated carbocycles. The first-order valence-corrected chi connectivity index (χ1v) is 17.8. The van der Waals surface area contributed by atoms with Crippen LogP contribution in [0.4, 0.5) is 5.69 Å². The Labute approximate surface area is 310 Å². The van der Waals surface area contributed by atoms with Crippen LogP contribution in [0.3, 0.4) is 0 Å². The number of aromatic nitrogens is 2. The first-order chi connectivity index (χ1) is 26.2. The van der Waals surface area contributed by atoms with Crippen molar-refractivity contribution in [3.8, 4) is 22.3 Å². The number of likely N-dealkylation sites (tertiary alicyclic amines) is 2. The highest BCUT2D eigenvalue weighted by Gasteiger charge is 2.42. The van der Waals surface area contributed by atoms with Gasteiger partial charge in [0.05, 0.1) is 23.8 Å². The van der Waals surface area contributed by atoms with Crippen molar-refractivity contribution in [1.29, 1.82) is 0 Å². The van der Waals surface area contributed by atoms with Crippen LogP contribution in [-0.4, -0.2) is 97.6 Å². The fourth-order valence-corrected chi connectivity index (χ4v) is 8.04. The van der Waals surface area contributed by atoms with Gasteiger partial charge in [-0.05, 0) is 70.3 Å². The molecule has 12 nitrogen and oxygen atoms in total. The van der Waals surface area contributed by atoms with E-state index in [1.165, 1.54) is 12.2 Å². The Kier molecular flexibility index (Phi) is 7.77. The van der Waals surface area contributed by atoms with Crippen molar-refractivity contribution < 1.29 is 24.0 Å². The van der Waals surface area contributed by atoms with E-state index in [9.17, 15) is 24.0 Å². The van der Waals surface area contributed by atoms with Gasteiger partial charge in [-0.15, -0.1) is 0 Å². The number of hydrogen-bond acceptors (Lipinski definition) is 6. The molecule has 9 rings (SSSR count). The van der Waals surface area contributed by atoms with Crippen molar-refractivity contribution in [2.75, 3.05) is 31.5 Å². The highest BCUT2D eigenvalue weighted by Crippen LogP contribution is 2.39. The van der Waals surface area contributed by atoms with Crippen LogP contribution in [0, 0.1) is 0 Å². The summed E-state index contributed by atoms with van der Waals surface area (Å²) in [6.07, 6.45) is 4.30. The van der Waals surface area contributed by atoms with Gasteiger partial charge in [0.2, 0.25) is 11.8 Å². The number of H-pyrrole nitrogens is 1. The maximum absolute atomic E-state index is 14.3. The van der Waals surface area contributed by atoms with Crippen LogP contribution < -0.4 is 5.32 Å². The third-order valence-electron chi connectivity index (χ3n) is 11.1. The molecule has 5 heterocycles. The fraction of sp³-hybridized carbons (Fsp3) is 0.190. The van der Waals surface area contributed by atoms with Gasteiger partial charge in [0.1, 0.15) is 0 Å². The number of fused-ring (bicyclic) bond motifs is 3. The molecule has 268 valence electrons. The van der Waals surface area contributed by atoms with Crippen LogP contribution in [0.2, 0.25) is 0 Å². The zero-order chi connectivity index (χ0) is 37.2. The summed E-state index contributed by atoms with van der Waals surface area (Å²) in [5.41, 5.74) is 7.44. The number of nitrogens with one attached hydrogen (secondary N) is 2. The number of benzene rings is 4. The van der Waals surface area contributed by atoms with Gasteiger partial charge in [-0.2, -0.15) is 5.10 Å². The van der Waals surface area contributed by atoms with E-state index in [2.05, 4.69) is 28.7 Å². The van der Waals surface area contributed by atoms with E-state index in [0.717, 1.165) is 33.2 Å². The van der Waals surface area contributed by atoms with Gasteiger partial charge in [0, 0.05) is 72.6 Å². The topological polar surface area (TPSA) is 139 Å². The lowest BCUT2D eigenvalue weighted by Crippen LogP contribution is -2.60. The average Bonchev–Trinajstić information content (AvgIpc) is 3.86. The first-order valence-electron chi connectivity index (χ1n) is 17.8. The molecule has 2 saturated heterocycles. The summed E-state index contributed by atoms with van der Waals surface area (Å²) in [4.78, 5) is 73.0. The molecule has 0 unspecified atom stereocenters. The number of hydrogen-bond donors (Lipinski definition) is 2. The van der Waals surface area contributed by atoms with E-state index in [-0.39, 0.29) is 48.2 Å². The van der Waals surface area contributed by atoms with Crippen LogP contribution in [0.25, 0.3) is 33.2 Å². The smallest absolute Gasteiger partial charge is 0.256 e. The standard InChI is InChI=1S/C42H35N7O5/c1-3-38(50)46-19-27(20-46)48-18-25-13-12-24(14-32(25)41(48)53)29-8-5-6-9-31(29)40(52)44-37-16-26(30-10-7-11-36-34(30)17-43-45-36)15-33-35(37)23-49(42(33)54)28-21-47(22-28)39(51)4-2/h3-17,27-28H,1-2,18-23H2,(H,43,45)(H,44,52). The van der Waals surface area contributed by atoms with Crippen LogP contribution in [0.15, 0.2) is 104 Å². The van der Waals surface area contributed by atoms with E-state index in [1.807, 2.05) is 60.7 Å². The van der Waals surface area contributed by atoms with Crippen LogP contribution in [0.1, 0.15) is 42.2 Å². The van der Waals surface area contributed by atoms with Gasteiger partial charge in [0.25, 0.3) is 17.7 Å².